The van der Waals surface area contributed by atoms with E-state index >= 15 is 0 Å². The van der Waals surface area contributed by atoms with Crippen LogP contribution in [0.4, 0.5) is 0 Å². The van der Waals surface area contributed by atoms with E-state index in [2.05, 4.69) is 16.0 Å². The molecule has 2 fully saturated rings. The molecule has 0 N–H and O–H groups in total. The quantitative estimate of drug-likeness (QED) is 0.808. The Bertz CT molecular complexity index is 615. The van der Waals surface area contributed by atoms with Crippen molar-refractivity contribution in [1.82, 2.24) is 14.2 Å². The minimum atomic E-state index is -3.06. The SMILES string of the molecule is CCS(=O)(=O)N1CCC(N2C[C@H](OC)[C@@H]2c2cccnc2)CC1. The van der Waals surface area contributed by atoms with E-state index in [-0.39, 0.29) is 17.9 Å². The molecule has 0 unspecified atom stereocenters. The van der Waals surface area contributed by atoms with Gasteiger partial charge in [0.25, 0.3) is 0 Å². The number of methoxy groups -OCH3 is 1. The molecule has 2 atom stereocenters. The highest BCUT2D eigenvalue weighted by atomic mass is 32.2. The summed E-state index contributed by atoms with van der Waals surface area (Å²) in [5.41, 5.74) is 1.18. The number of hydrogen-bond donors (Lipinski definition) is 0. The van der Waals surface area contributed by atoms with Crippen LogP contribution in [0.25, 0.3) is 0 Å². The fourth-order valence-corrected chi connectivity index (χ4v) is 4.80. The number of aromatic nitrogens is 1. The largest absolute Gasteiger partial charge is 0.378 e. The molecule has 0 saturated carbocycles. The maximum atomic E-state index is 12.0. The predicted molar refractivity (Wildman–Crippen MR) is 88.5 cm³/mol. The molecule has 23 heavy (non-hydrogen) atoms. The molecule has 1 aromatic heterocycles. The minimum absolute atomic E-state index is 0.186. The van der Waals surface area contributed by atoms with Gasteiger partial charge in [0.2, 0.25) is 10.0 Å². The van der Waals surface area contributed by atoms with E-state index in [4.69, 9.17) is 4.74 Å². The lowest BCUT2D eigenvalue weighted by atomic mass is 9.88. The van der Waals surface area contributed by atoms with Gasteiger partial charge in [-0.2, -0.15) is 0 Å². The first-order valence-electron chi connectivity index (χ1n) is 8.23. The zero-order chi connectivity index (χ0) is 16.4. The molecule has 6 nitrogen and oxygen atoms in total. The van der Waals surface area contributed by atoms with Crippen molar-refractivity contribution in [1.29, 1.82) is 0 Å². The van der Waals surface area contributed by atoms with Gasteiger partial charge in [0.05, 0.1) is 17.9 Å². The molecule has 0 spiro atoms. The molecule has 2 saturated heterocycles. The van der Waals surface area contributed by atoms with Gasteiger partial charge in [-0.25, -0.2) is 12.7 Å². The third-order valence-corrected chi connectivity index (χ3v) is 6.96. The van der Waals surface area contributed by atoms with Crippen molar-refractivity contribution in [3.63, 3.8) is 0 Å². The van der Waals surface area contributed by atoms with Crippen molar-refractivity contribution in [3.8, 4) is 0 Å². The van der Waals surface area contributed by atoms with Crippen LogP contribution in [0.5, 0.6) is 0 Å². The van der Waals surface area contributed by atoms with Gasteiger partial charge in [-0.05, 0) is 31.4 Å². The number of hydrogen-bond acceptors (Lipinski definition) is 5. The third-order valence-electron chi connectivity index (χ3n) is 5.08. The number of pyridine rings is 1. The highest BCUT2D eigenvalue weighted by Gasteiger charge is 2.45. The maximum absolute atomic E-state index is 12.0. The molecule has 2 aliphatic heterocycles. The molecule has 0 bridgehead atoms. The average molecular weight is 339 g/mol. The minimum Gasteiger partial charge on any atom is -0.378 e. The Morgan fingerprint density at radius 2 is 2.09 bits per heavy atom. The summed E-state index contributed by atoms with van der Waals surface area (Å²) in [6, 6.07) is 4.68. The van der Waals surface area contributed by atoms with E-state index < -0.39 is 10.0 Å². The highest BCUT2D eigenvalue weighted by Crippen LogP contribution is 2.39. The van der Waals surface area contributed by atoms with Gasteiger partial charge in [0, 0.05) is 45.2 Å². The van der Waals surface area contributed by atoms with Crippen molar-refractivity contribution < 1.29 is 13.2 Å². The summed E-state index contributed by atoms with van der Waals surface area (Å²) in [4.78, 5) is 6.67. The van der Waals surface area contributed by atoms with E-state index in [1.807, 2.05) is 12.3 Å². The Balaban J connectivity index is 1.66. The zero-order valence-corrected chi connectivity index (χ0v) is 14.6. The van der Waals surface area contributed by atoms with Crippen LogP contribution in [0.1, 0.15) is 31.4 Å². The van der Waals surface area contributed by atoms with E-state index in [1.165, 1.54) is 5.56 Å². The number of piperidine rings is 1. The lowest BCUT2D eigenvalue weighted by Crippen LogP contribution is -2.60. The summed E-state index contributed by atoms with van der Waals surface area (Å²) in [6.45, 7) is 3.85. The number of nitrogens with zero attached hydrogens (tertiary/aromatic N) is 3. The lowest BCUT2D eigenvalue weighted by molar-refractivity contribution is -0.114. The van der Waals surface area contributed by atoms with Gasteiger partial charge in [-0.3, -0.25) is 9.88 Å². The van der Waals surface area contributed by atoms with Crippen molar-refractivity contribution in [2.75, 3.05) is 32.5 Å². The van der Waals surface area contributed by atoms with Crippen LogP contribution in [0.3, 0.4) is 0 Å². The second kappa shape index (κ2) is 6.84. The van der Waals surface area contributed by atoms with E-state index in [0.717, 1.165) is 19.4 Å². The van der Waals surface area contributed by atoms with Crippen LogP contribution < -0.4 is 0 Å². The number of ether oxygens (including phenoxy) is 1. The Morgan fingerprint density at radius 1 is 1.35 bits per heavy atom. The summed E-state index contributed by atoms with van der Waals surface area (Å²) in [7, 11) is -1.31. The van der Waals surface area contributed by atoms with Gasteiger partial charge >= 0.3 is 0 Å². The maximum Gasteiger partial charge on any atom is 0.213 e. The molecule has 0 aliphatic carbocycles. The molecule has 3 heterocycles. The van der Waals surface area contributed by atoms with E-state index in [1.54, 1.807) is 24.5 Å². The van der Waals surface area contributed by atoms with Crippen LogP contribution >= 0.6 is 0 Å². The van der Waals surface area contributed by atoms with Crippen molar-refractivity contribution >= 4 is 10.0 Å². The Hall–Kier alpha value is -1.02. The molecular formula is C16H25N3O3S. The van der Waals surface area contributed by atoms with Gasteiger partial charge in [-0.1, -0.05) is 6.07 Å². The zero-order valence-electron chi connectivity index (χ0n) is 13.8. The van der Waals surface area contributed by atoms with Crippen LogP contribution in [-0.2, 0) is 14.8 Å². The molecule has 2 aliphatic rings. The third kappa shape index (κ3) is 3.28. The molecule has 7 heteroatoms. The average Bonchev–Trinajstić information content (AvgIpc) is 2.56. The molecule has 0 radical (unpaired) electrons. The van der Waals surface area contributed by atoms with Crippen LogP contribution in [0, 0.1) is 0 Å². The van der Waals surface area contributed by atoms with Gasteiger partial charge in [0.1, 0.15) is 0 Å². The smallest absolute Gasteiger partial charge is 0.213 e. The Morgan fingerprint density at radius 3 is 2.65 bits per heavy atom. The standard InChI is InChI=1S/C16H25N3O3S/c1-3-23(20,21)18-9-6-14(7-10-18)19-12-15(22-2)16(19)13-5-4-8-17-11-13/h4-5,8,11,14-16H,3,6-7,9-10,12H2,1-2H3/t15-,16-/m0/s1. The first-order chi connectivity index (χ1) is 11.1. The molecule has 0 amide bonds. The van der Waals surface area contributed by atoms with Crippen molar-refractivity contribution in [2.45, 2.75) is 38.0 Å². The number of rotatable bonds is 5. The fraction of sp³-hybridized carbons (Fsp3) is 0.688. The molecule has 1 aromatic rings. The second-order valence-corrected chi connectivity index (χ2v) is 8.49. The van der Waals surface area contributed by atoms with Gasteiger partial charge in [0.15, 0.2) is 0 Å². The van der Waals surface area contributed by atoms with Crippen LogP contribution in [-0.4, -0.2) is 67.2 Å². The summed E-state index contributed by atoms with van der Waals surface area (Å²) in [6.07, 6.45) is 5.64. The summed E-state index contributed by atoms with van der Waals surface area (Å²) in [5, 5.41) is 0. The van der Waals surface area contributed by atoms with Crippen LogP contribution in [0.2, 0.25) is 0 Å². The fourth-order valence-electron chi connectivity index (χ4n) is 3.67. The monoisotopic (exact) mass is 339 g/mol. The van der Waals surface area contributed by atoms with Crippen molar-refractivity contribution in [3.05, 3.63) is 30.1 Å². The second-order valence-electron chi connectivity index (χ2n) is 6.23. The first kappa shape index (κ1) is 16.8. The molecule has 3 rings (SSSR count). The molecule has 0 aromatic carbocycles. The summed E-state index contributed by atoms with van der Waals surface area (Å²) in [5.74, 6) is 0.186. The molecule has 128 valence electrons. The van der Waals surface area contributed by atoms with Gasteiger partial charge < -0.3 is 4.74 Å². The highest BCUT2D eigenvalue weighted by molar-refractivity contribution is 7.89. The molecular weight excluding hydrogens is 314 g/mol. The lowest BCUT2D eigenvalue weighted by Gasteiger charge is -2.52. The summed E-state index contributed by atoms with van der Waals surface area (Å²) >= 11 is 0. The predicted octanol–water partition coefficient (Wildman–Crippen LogP) is 1.27. The Labute approximate surface area is 138 Å². The van der Waals surface area contributed by atoms with Crippen LogP contribution in [0.15, 0.2) is 24.5 Å². The van der Waals surface area contributed by atoms with E-state index in [9.17, 15) is 8.42 Å². The number of likely N-dealkylation sites (tertiary alicyclic amines) is 1. The topological polar surface area (TPSA) is 62.7 Å². The normalized spacial score (nSPS) is 27.7. The first-order valence-corrected chi connectivity index (χ1v) is 9.84. The van der Waals surface area contributed by atoms with E-state index in [0.29, 0.717) is 19.1 Å². The summed E-state index contributed by atoms with van der Waals surface area (Å²) < 4.78 is 31.2. The Kier molecular flexibility index (Phi) is 5.01. The number of sulfonamides is 1. The van der Waals surface area contributed by atoms with Gasteiger partial charge in [-0.15, -0.1) is 0 Å². The van der Waals surface area contributed by atoms with Crippen molar-refractivity contribution in [2.24, 2.45) is 0 Å².